The van der Waals surface area contributed by atoms with E-state index in [2.05, 4.69) is 6.07 Å². The van der Waals surface area contributed by atoms with E-state index in [1.54, 1.807) is 28.0 Å². The van der Waals surface area contributed by atoms with E-state index in [0.29, 0.717) is 31.7 Å². The fraction of sp³-hybridized carbons (Fsp3) is 0.389. The van der Waals surface area contributed by atoms with Crippen molar-refractivity contribution >= 4 is 39.2 Å². The molecule has 27 heavy (non-hydrogen) atoms. The largest absolute Gasteiger partial charge is 0.336 e. The van der Waals surface area contributed by atoms with Gasteiger partial charge in [0.05, 0.1) is 5.56 Å². The van der Waals surface area contributed by atoms with Crippen LogP contribution in [0.15, 0.2) is 46.7 Å². The van der Waals surface area contributed by atoms with E-state index >= 15 is 0 Å². The standard InChI is InChI=1S/C18H23N3O3S3/c1-19(2)27(23,24)21-11-9-20(10-12-21)18(22)16-7-3-4-8-17(16)26-14-15-6-5-13-25-15/h3-8,13H,9-12,14H2,1-2H3. The molecular weight excluding hydrogens is 402 g/mol. The van der Waals surface area contributed by atoms with Gasteiger partial charge in [-0.25, -0.2) is 0 Å². The summed E-state index contributed by atoms with van der Waals surface area (Å²) in [5.74, 6) is 0.794. The second-order valence-corrected chi connectivity index (χ2v) is 10.5. The number of carbonyl (C=O) groups is 1. The maximum absolute atomic E-state index is 13.0. The molecule has 2 aromatic rings. The summed E-state index contributed by atoms with van der Waals surface area (Å²) in [5.41, 5.74) is 0.683. The van der Waals surface area contributed by atoms with Crippen molar-refractivity contribution in [1.29, 1.82) is 0 Å². The summed E-state index contributed by atoms with van der Waals surface area (Å²) < 4.78 is 27.1. The first-order valence-corrected chi connectivity index (χ1v) is 11.9. The summed E-state index contributed by atoms with van der Waals surface area (Å²) in [6.45, 7) is 1.43. The van der Waals surface area contributed by atoms with Crippen molar-refractivity contribution in [2.75, 3.05) is 40.3 Å². The van der Waals surface area contributed by atoms with Gasteiger partial charge >= 0.3 is 0 Å². The molecule has 1 aromatic heterocycles. The van der Waals surface area contributed by atoms with E-state index in [1.165, 1.54) is 27.6 Å². The normalized spacial score (nSPS) is 16.0. The Hall–Kier alpha value is -1.39. The third kappa shape index (κ3) is 4.72. The quantitative estimate of drug-likeness (QED) is 0.668. The number of hydrogen-bond acceptors (Lipinski definition) is 5. The van der Waals surface area contributed by atoms with Crippen LogP contribution in [0, 0.1) is 0 Å². The smallest absolute Gasteiger partial charge is 0.281 e. The molecule has 1 aliphatic heterocycles. The summed E-state index contributed by atoms with van der Waals surface area (Å²) >= 11 is 3.36. The predicted molar refractivity (Wildman–Crippen MR) is 110 cm³/mol. The van der Waals surface area contributed by atoms with E-state index in [4.69, 9.17) is 0 Å². The van der Waals surface area contributed by atoms with Crippen LogP contribution in [0.4, 0.5) is 0 Å². The molecule has 1 saturated heterocycles. The van der Waals surface area contributed by atoms with Gasteiger partial charge in [-0.05, 0) is 23.6 Å². The first-order chi connectivity index (χ1) is 12.9. The maximum atomic E-state index is 13.0. The summed E-state index contributed by atoms with van der Waals surface area (Å²) in [7, 11) is -0.386. The second-order valence-electron chi connectivity index (χ2n) is 6.35. The number of thioether (sulfide) groups is 1. The van der Waals surface area contributed by atoms with E-state index in [-0.39, 0.29) is 5.91 Å². The highest BCUT2D eigenvalue weighted by molar-refractivity contribution is 7.98. The molecule has 0 radical (unpaired) electrons. The Morgan fingerprint density at radius 3 is 2.44 bits per heavy atom. The number of thiophene rings is 1. The fourth-order valence-corrected chi connectivity index (χ4v) is 5.74. The molecule has 0 spiro atoms. The third-order valence-corrected chi connectivity index (χ3v) is 8.50. The molecule has 0 unspecified atom stereocenters. The number of rotatable bonds is 6. The lowest BCUT2D eigenvalue weighted by molar-refractivity contribution is 0.0691. The van der Waals surface area contributed by atoms with Crippen LogP contribution in [0.2, 0.25) is 0 Å². The van der Waals surface area contributed by atoms with Crippen molar-refractivity contribution < 1.29 is 13.2 Å². The molecule has 0 atom stereocenters. The Balaban J connectivity index is 1.67. The fourth-order valence-electron chi connectivity index (χ4n) is 2.84. The van der Waals surface area contributed by atoms with Crippen LogP contribution < -0.4 is 0 Å². The van der Waals surface area contributed by atoms with Crippen molar-refractivity contribution in [3.63, 3.8) is 0 Å². The second kappa shape index (κ2) is 8.74. The number of piperazine rings is 1. The van der Waals surface area contributed by atoms with E-state index < -0.39 is 10.2 Å². The van der Waals surface area contributed by atoms with Gasteiger partial charge in [0, 0.05) is 55.8 Å². The van der Waals surface area contributed by atoms with Gasteiger partial charge in [-0.3, -0.25) is 4.79 Å². The molecule has 0 saturated carbocycles. The van der Waals surface area contributed by atoms with Crippen LogP contribution >= 0.6 is 23.1 Å². The Labute approximate surface area is 169 Å². The molecule has 1 fully saturated rings. The molecule has 0 aliphatic carbocycles. The molecule has 0 bridgehead atoms. The predicted octanol–water partition coefficient (Wildman–Crippen LogP) is 2.60. The number of hydrogen-bond donors (Lipinski definition) is 0. The van der Waals surface area contributed by atoms with Crippen LogP contribution in [-0.2, 0) is 16.0 Å². The maximum Gasteiger partial charge on any atom is 0.281 e. The van der Waals surface area contributed by atoms with Crippen molar-refractivity contribution in [3.8, 4) is 0 Å². The van der Waals surface area contributed by atoms with Gasteiger partial charge in [0.25, 0.3) is 16.1 Å². The topological polar surface area (TPSA) is 60.9 Å². The molecule has 9 heteroatoms. The molecule has 6 nitrogen and oxygen atoms in total. The van der Waals surface area contributed by atoms with Crippen molar-refractivity contribution in [2.24, 2.45) is 0 Å². The highest BCUT2D eigenvalue weighted by atomic mass is 32.2. The van der Waals surface area contributed by atoms with E-state index in [9.17, 15) is 13.2 Å². The molecule has 146 valence electrons. The van der Waals surface area contributed by atoms with Crippen LogP contribution in [0.1, 0.15) is 15.2 Å². The average Bonchev–Trinajstić information content (AvgIpc) is 3.19. The minimum atomic E-state index is -3.43. The number of amides is 1. The van der Waals surface area contributed by atoms with Gasteiger partial charge < -0.3 is 4.90 Å². The first-order valence-electron chi connectivity index (χ1n) is 8.60. The van der Waals surface area contributed by atoms with Gasteiger partial charge in [0.1, 0.15) is 0 Å². The molecular formula is C18H23N3O3S3. The van der Waals surface area contributed by atoms with Crippen LogP contribution in [0.25, 0.3) is 0 Å². The SMILES string of the molecule is CN(C)S(=O)(=O)N1CCN(C(=O)c2ccccc2SCc2cccs2)CC1. The van der Waals surface area contributed by atoms with Crippen molar-refractivity contribution in [3.05, 3.63) is 52.2 Å². The molecule has 1 amide bonds. The van der Waals surface area contributed by atoms with Gasteiger partial charge in [-0.1, -0.05) is 18.2 Å². The summed E-state index contributed by atoms with van der Waals surface area (Å²) in [6, 6.07) is 11.7. The highest BCUT2D eigenvalue weighted by Gasteiger charge is 2.31. The van der Waals surface area contributed by atoms with Crippen molar-refractivity contribution in [2.45, 2.75) is 10.6 Å². The third-order valence-electron chi connectivity index (χ3n) is 4.38. The van der Waals surface area contributed by atoms with Crippen LogP contribution in [0.3, 0.4) is 0 Å². The van der Waals surface area contributed by atoms with Gasteiger partial charge in [-0.2, -0.15) is 17.0 Å². The number of nitrogens with zero attached hydrogens (tertiary/aromatic N) is 3. The summed E-state index contributed by atoms with van der Waals surface area (Å²) in [6.07, 6.45) is 0. The lowest BCUT2D eigenvalue weighted by atomic mass is 10.2. The summed E-state index contributed by atoms with van der Waals surface area (Å²) in [4.78, 5) is 17.0. The average molecular weight is 426 g/mol. The Morgan fingerprint density at radius 1 is 1.11 bits per heavy atom. The lowest BCUT2D eigenvalue weighted by Gasteiger charge is -2.35. The monoisotopic (exact) mass is 425 g/mol. The zero-order valence-electron chi connectivity index (χ0n) is 15.4. The molecule has 0 N–H and O–H groups in total. The van der Waals surface area contributed by atoms with Crippen LogP contribution in [0.5, 0.6) is 0 Å². The number of benzene rings is 1. The Kier molecular flexibility index (Phi) is 6.59. The Bertz CT molecular complexity index is 874. The highest BCUT2D eigenvalue weighted by Crippen LogP contribution is 2.29. The number of carbonyl (C=O) groups excluding carboxylic acids is 1. The molecule has 1 aromatic carbocycles. The Morgan fingerprint density at radius 2 is 1.81 bits per heavy atom. The van der Waals surface area contributed by atoms with Gasteiger partial charge in [0.2, 0.25) is 0 Å². The van der Waals surface area contributed by atoms with E-state index in [1.807, 2.05) is 35.7 Å². The first kappa shape index (κ1) is 20.3. The zero-order valence-corrected chi connectivity index (χ0v) is 17.8. The van der Waals surface area contributed by atoms with Gasteiger partial charge in [-0.15, -0.1) is 23.1 Å². The molecule has 3 rings (SSSR count). The van der Waals surface area contributed by atoms with Crippen LogP contribution in [-0.4, -0.2) is 68.1 Å². The van der Waals surface area contributed by atoms with Gasteiger partial charge in [0.15, 0.2) is 0 Å². The molecule has 2 heterocycles. The summed E-state index contributed by atoms with van der Waals surface area (Å²) in [5, 5.41) is 2.05. The van der Waals surface area contributed by atoms with E-state index in [0.717, 1.165) is 10.6 Å². The molecule has 1 aliphatic rings. The minimum Gasteiger partial charge on any atom is -0.336 e. The van der Waals surface area contributed by atoms with Crippen molar-refractivity contribution in [1.82, 2.24) is 13.5 Å². The minimum absolute atomic E-state index is 0.0359. The lowest BCUT2D eigenvalue weighted by Crippen LogP contribution is -2.53. The zero-order chi connectivity index (χ0) is 19.4.